The van der Waals surface area contributed by atoms with Gasteiger partial charge in [0.25, 0.3) is 0 Å². The fourth-order valence-corrected chi connectivity index (χ4v) is 22.7. The molecule has 618 valence electrons. The van der Waals surface area contributed by atoms with Crippen LogP contribution < -0.4 is 19.6 Å². The van der Waals surface area contributed by atoms with Crippen LogP contribution in [0.1, 0.15) is 190 Å². The molecule has 4 heteroatoms. The van der Waals surface area contributed by atoms with E-state index in [2.05, 4.69) is 441 Å². The van der Waals surface area contributed by atoms with Crippen molar-refractivity contribution >= 4 is 133 Å². The molecule has 4 aliphatic carbocycles. The summed E-state index contributed by atoms with van der Waals surface area (Å²) in [6, 6.07) is 135. The lowest BCUT2D eigenvalue weighted by molar-refractivity contribution is 0.443. The molecule has 22 rings (SSSR count). The third kappa shape index (κ3) is 13.3. The molecule has 0 unspecified atom stereocenters. The number of hydrogen-bond acceptors (Lipinski definition) is 4. The van der Waals surface area contributed by atoms with Gasteiger partial charge in [0.15, 0.2) is 0 Å². The lowest BCUT2D eigenvalue weighted by Crippen LogP contribution is -2.18. The predicted molar refractivity (Wildman–Crippen MR) is 540 cm³/mol. The van der Waals surface area contributed by atoms with E-state index in [0.29, 0.717) is 11.8 Å². The summed E-state index contributed by atoms with van der Waals surface area (Å²) in [5, 5.41) is 15.2. The molecule has 0 spiro atoms. The van der Waals surface area contributed by atoms with Crippen molar-refractivity contribution in [3.8, 4) is 33.4 Å². The van der Waals surface area contributed by atoms with E-state index in [4.69, 9.17) is 0 Å². The highest BCUT2D eigenvalue weighted by atomic mass is 15.2. The summed E-state index contributed by atoms with van der Waals surface area (Å²) in [6.07, 6.45) is 13.0. The minimum Gasteiger partial charge on any atom is -0.310 e. The fourth-order valence-electron chi connectivity index (χ4n) is 22.7. The SMILES string of the molecule is CC(C)(C)c1ccc(N(c2ccccc2)c2ccc3c4c(c5ccccc5c3c2)-c2c(cc(N(c3ccc(C(C)(C)C)cc3)c3cccc(-c5ccc(N(c6ccc(C7CCCCC7)cc6)c6ccc7c8c(c9ccccc9c7c6)-c6c(cc(N(c7ccccc7)c7ccc(C9CCCCC9)cc7)c7ccccc67)C8(C)C)cc5)c3)c3ccccc23)C4(C)C)cc1. The van der Waals surface area contributed by atoms with Crippen molar-refractivity contribution < 1.29 is 0 Å². The van der Waals surface area contributed by atoms with Gasteiger partial charge in [-0.25, -0.2) is 0 Å². The molecule has 0 aromatic heterocycles. The summed E-state index contributed by atoms with van der Waals surface area (Å²) in [5.41, 5.74) is 31.5. The van der Waals surface area contributed by atoms with Gasteiger partial charge in [0.1, 0.15) is 0 Å². The summed E-state index contributed by atoms with van der Waals surface area (Å²) < 4.78 is 0. The molecule has 18 aromatic rings. The summed E-state index contributed by atoms with van der Waals surface area (Å²) >= 11 is 0. The lowest BCUT2D eigenvalue weighted by atomic mass is 9.78. The Morgan fingerprint density at radius 1 is 0.222 bits per heavy atom. The zero-order valence-electron chi connectivity index (χ0n) is 74.5. The first kappa shape index (κ1) is 78.7. The number of benzene rings is 18. The van der Waals surface area contributed by atoms with E-state index in [-0.39, 0.29) is 16.2 Å². The molecule has 0 N–H and O–H groups in total. The number of anilines is 12. The van der Waals surface area contributed by atoms with Crippen LogP contribution in [0.4, 0.5) is 68.2 Å². The molecular formula is C122H110N4. The molecule has 0 radical (unpaired) electrons. The van der Waals surface area contributed by atoms with Crippen molar-refractivity contribution in [2.45, 2.75) is 167 Å². The van der Waals surface area contributed by atoms with Gasteiger partial charge >= 0.3 is 0 Å². The Balaban J connectivity index is 0.656. The topological polar surface area (TPSA) is 13.0 Å². The molecule has 18 aromatic carbocycles. The van der Waals surface area contributed by atoms with E-state index in [1.165, 1.54) is 207 Å². The minimum atomic E-state index is -0.412. The van der Waals surface area contributed by atoms with Crippen molar-refractivity contribution in [2.75, 3.05) is 19.6 Å². The van der Waals surface area contributed by atoms with Crippen LogP contribution in [-0.4, -0.2) is 0 Å². The van der Waals surface area contributed by atoms with E-state index in [1.54, 1.807) is 0 Å². The molecule has 2 saturated carbocycles. The van der Waals surface area contributed by atoms with Gasteiger partial charge in [0, 0.05) is 78.5 Å². The van der Waals surface area contributed by atoms with E-state index in [9.17, 15) is 0 Å². The first-order chi connectivity index (χ1) is 61.3. The van der Waals surface area contributed by atoms with Crippen LogP contribution in [-0.2, 0) is 21.7 Å². The maximum atomic E-state index is 2.57. The molecule has 126 heavy (non-hydrogen) atoms. The van der Waals surface area contributed by atoms with Crippen molar-refractivity contribution in [1.29, 1.82) is 0 Å². The second kappa shape index (κ2) is 30.8. The molecule has 0 atom stereocenters. The summed E-state index contributed by atoms with van der Waals surface area (Å²) in [4.78, 5) is 10.0. The van der Waals surface area contributed by atoms with Crippen molar-refractivity contribution in [2.24, 2.45) is 0 Å². The molecule has 0 aliphatic heterocycles. The average Bonchev–Trinajstić information content (AvgIpc) is 1.56. The quantitative estimate of drug-likeness (QED) is 0.0949. The van der Waals surface area contributed by atoms with Crippen LogP contribution in [0.3, 0.4) is 0 Å². The Hall–Kier alpha value is -13.3. The molecule has 0 amide bonds. The summed E-state index contributed by atoms with van der Waals surface area (Å²) in [5.74, 6) is 1.22. The van der Waals surface area contributed by atoms with Gasteiger partial charge in [-0.15, -0.1) is 0 Å². The highest BCUT2D eigenvalue weighted by molar-refractivity contribution is 6.25. The van der Waals surface area contributed by atoms with Crippen LogP contribution in [0.25, 0.3) is 98.0 Å². The summed E-state index contributed by atoms with van der Waals surface area (Å²) in [7, 11) is 0. The minimum absolute atomic E-state index is 0.0348. The largest absolute Gasteiger partial charge is 0.310 e. The Bertz CT molecular complexity index is 7260. The average molecular weight is 1630 g/mol. The van der Waals surface area contributed by atoms with Crippen LogP contribution >= 0.6 is 0 Å². The third-order valence-electron chi connectivity index (χ3n) is 29.2. The molecule has 4 nitrogen and oxygen atoms in total. The van der Waals surface area contributed by atoms with Gasteiger partial charge in [0.05, 0.1) is 11.4 Å². The standard InChI is InChI=1S/C122H110N4/c1-119(2,3)85-56-66-91(67-57-85)123(87-37-19-13-20-38-87)95-70-72-105-107(75-95)97-42-23-27-46-101(97)116-114-104-49-30-26-45-100(104)112(78-110(114)122(9,10)118(105)116)126(93-68-58-86(59-69-93)120(4,5)6)94-41-31-36-84(74-94)83-54-62-90(63-55-83)124(89-60-50-81(51-61-89)79-32-15-11-16-33-79)96-71-73-106-108(76-96)98-43-24-28-47-102(98)115-113-103-48-29-25-44-99(103)111(77-109(113)121(7,8)117(106)115)125(88-39-21-14-22-40-88)92-64-52-82(53-65-92)80-34-17-12-18-35-80/h13-14,19-31,36-80H,11-12,15-18,32-35H2,1-10H3. The van der Waals surface area contributed by atoms with E-state index >= 15 is 0 Å². The fraction of sp³-hybridized carbons (Fsp3) is 0.213. The highest BCUT2D eigenvalue weighted by Gasteiger charge is 2.44. The Kier molecular flexibility index (Phi) is 19.3. The van der Waals surface area contributed by atoms with Gasteiger partial charge in [-0.3, -0.25) is 0 Å². The van der Waals surface area contributed by atoms with Crippen molar-refractivity contribution in [1.82, 2.24) is 0 Å². The maximum Gasteiger partial charge on any atom is 0.0543 e. The van der Waals surface area contributed by atoms with E-state index in [1.807, 2.05) is 0 Å². The van der Waals surface area contributed by atoms with Crippen LogP contribution in [0.15, 0.2) is 352 Å². The van der Waals surface area contributed by atoms with Gasteiger partial charge in [-0.05, 0) is 314 Å². The smallest absolute Gasteiger partial charge is 0.0543 e. The van der Waals surface area contributed by atoms with Crippen molar-refractivity contribution in [3.63, 3.8) is 0 Å². The Morgan fingerprint density at radius 3 is 0.921 bits per heavy atom. The number of hydrogen-bond donors (Lipinski definition) is 0. The first-order valence-electron chi connectivity index (χ1n) is 46.3. The zero-order chi connectivity index (χ0) is 85.5. The number of para-hydroxylation sites is 2. The van der Waals surface area contributed by atoms with E-state index in [0.717, 1.165) is 68.0 Å². The Morgan fingerprint density at radius 2 is 0.524 bits per heavy atom. The van der Waals surface area contributed by atoms with Crippen molar-refractivity contribution in [3.05, 3.63) is 396 Å². The zero-order valence-corrected chi connectivity index (χ0v) is 74.5. The highest BCUT2D eigenvalue weighted by Crippen LogP contribution is 2.62. The second-order valence-corrected chi connectivity index (χ2v) is 39.6. The number of nitrogens with zero attached hydrogens (tertiary/aromatic N) is 4. The molecular weight excluding hydrogens is 1520 g/mol. The van der Waals surface area contributed by atoms with Crippen LogP contribution in [0.2, 0.25) is 0 Å². The normalized spacial score (nSPS) is 15.0. The van der Waals surface area contributed by atoms with Gasteiger partial charge in [-0.1, -0.05) is 326 Å². The van der Waals surface area contributed by atoms with Crippen LogP contribution in [0, 0.1) is 0 Å². The first-order valence-corrected chi connectivity index (χ1v) is 46.3. The molecule has 4 aliphatic rings. The van der Waals surface area contributed by atoms with Gasteiger partial charge < -0.3 is 19.6 Å². The maximum absolute atomic E-state index is 2.57. The lowest BCUT2D eigenvalue weighted by Gasteiger charge is -2.31. The third-order valence-corrected chi connectivity index (χ3v) is 29.2. The summed E-state index contributed by atoms with van der Waals surface area (Å²) in [6.45, 7) is 23.7. The Labute approximate surface area is 744 Å². The molecule has 2 fully saturated rings. The molecule has 0 saturated heterocycles. The van der Waals surface area contributed by atoms with Gasteiger partial charge in [0.2, 0.25) is 0 Å². The monoisotopic (exact) mass is 1630 g/mol. The van der Waals surface area contributed by atoms with E-state index < -0.39 is 5.41 Å². The molecule has 0 heterocycles. The predicted octanol–water partition coefficient (Wildman–Crippen LogP) is 35.5. The molecule has 0 bridgehead atoms. The van der Waals surface area contributed by atoms with Gasteiger partial charge in [-0.2, -0.15) is 0 Å². The number of fused-ring (bicyclic) bond motifs is 20. The number of rotatable bonds is 15. The second-order valence-electron chi connectivity index (χ2n) is 39.6. The van der Waals surface area contributed by atoms with Crippen LogP contribution in [0.5, 0.6) is 0 Å².